The molecule has 3 aromatic carbocycles. The van der Waals surface area contributed by atoms with Crippen LogP contribution in [0.5, 0.6) is 0 Å². The average Bonchev–Trinajstić information content (AvgIpc) is 2.78. The summed E-state index contributed by atoms with van der Waals surface area (Å²) in [6.45, 7) is 0. The van der Waals surface area contributed by atoms with E-state index in [1.807, 2.05) is 84.9 Å². The minimum Gasteiger partial charge on any atom is -0.436 e. The van der Waals surface area contributed by atoms with Crippen LogP contribution in [0.3, 0.4) is 0 Å². The largest absolute Gasteiger partial charge is 0.436 e. The number of thiocarbonyl (C=S) groups is 1. The highest BCUT2D eigenvalue weighted by molar-refractivity contribution is 7.80. The normalized spacial score (nSPS) is 11.1. The molecule has 0 atom stereocenters. The maximum atomic E-state index is 12.9. The van der Waals surface area contributed by atoms with Crippen molar-refractivity contribution in [3.05, 3.63) is 102 Å². The number of hydrogen-bond acceptors (Lipinski definition) is 4. The van der Waals surface area contributed by atoms with E-state index < -0.39 is 0 Å². The van der Waals surface area contributed by atoms with E-state index in [-0.39, 0.29) is 22.1 Å². The van der Waals surface area contributed by atoms with Crippen LogP contribution in [0, 0.1) is 0 Å². The van der Waals surface area contributed by atoms with Gasteiger partial charge in [0.2, 0.25) is 5.55 Å². The van der Waals surface area contributed by atoms with E-state index in [0.29, 0.717) is 11.3 Å². The van der Waals surface area contributed by atoms with Gasteiger partial charge in [-0.05, 0) is 48.6 Å². The molecule has 6 nitrogen and oxygen atoms in total. The van der Waals surface area contributed by atoms with Crippen LogP contribution in [-0.2, 0) is 0 Å². The highest BCUT2D eigenvalue weighted by Crippen LogP contribution is 2.14. The number of fused-ring (bicyclic) bond motifs is 1. The third-order valence-corrected chi connectivity index (χ3v) is 4.42. The molecule has 0 bridgehead atoms. The number of para-hydroxylation sites is 3. The van der Waals surface area contributed by atoms with Gasteiger partial charge in [0.15, 0.2) is 5.11 Å². The molecule has 0 aliphatic heterocycles. The number of carbonyl (C=O) groups excluding carboxylic acids is 1. The zero-order chi connectivity index (χ0) is 20.8. The monoisotopic (exact) mass is 414 g/mol. The highest BCUT2D eigenvalue weighted by Gasteiger charge is 2.13. The zero-order valence-electron chi connectivity index (χ0n) is 15.8. The molecule has 0 radical (unpaired) electrons. The number of nitrogens with zero attached hydrogens (tertiary/aromatic N) is 1. The van der Waals surface area contributed by atoms with E-state index in [9.17, 15) is 4.79 Å². The van der Waals surface area contributed by atoms with Gasteiger partial charge < -0.3 is 15.1 Å². The molecule has 0 fully saturated rings. The average molecular weight is 414 g/mol. The predicted octanol–water partition coefficient (Wildman–Crippen LogP) is 4.49. The Kier molecular flexibility index (Phi) is 5.82. The molecule has 30 heavy (non-hydrogen) atoms. The maximum Gasteiger partial charge on any atom is 0.261 e. The summed E-state index contributed by atoms with van der Waals surface area (Å²) < 4.78 is 5.87. The molecule has 7 heteroatoms. The summed E-state index contributed by atoms with van der Waals surface area (Å²) >= 11 is 5.29. The number of hydrogen-bond donors (Lipinski definition) is 3. The summed E-state index contributed by atoms with van der Waals surface area (Å²) in [5, 5.41) is 11.2. The lowest BCUT2D eigenvalue weighted by atomic mass is 10.1. The molecular weight excluding hydrogens is 396 g/mol. The minimum atomic E-state index is -0.335. The summed E-state index contributed by atoms with van der Waals surface area (Å²) in [6, 6.07) is 27.8. The van der Waals surface area contributed by atoms with E-state index in [1.165, 1.54) is 0 Å². The van der Waals surface area contributed by atoms with Crippen molar-refractivity contribution in [2.75, 3.05) is 10.6 Å². The first-order valence-electron chi connectivity index (χ1n) is 9.24. The molecule has 148 valence electrons. The number of anilines is 2. The number of amides is 1. The van der Waals surface area contributed by atoms with Gasteiger partial charge in [-0.1, -0.05) is 54.6 Å². The molecule has 0 saturated carbocycles. The summed E-state index contributed by atoms with van der Waals surface area (Å²) in [7, 11) is 0. The van der Waals surface area contributed by atoms with Crippen LogP contribution in [0.15, 0.2) is 101 Å². The van der Waals surface area contributed by atoms with E-state index in [1.54, 1.807) is 6.07 Å². The van der Waals surface area contributed by atoms with Gasteiger partial charge in [0.25, 0.3) is 5.91 Å². The van der Waals surface area contributed by atoms with Crippen LogP contribution < -0.4 is 21.6 Å². The zero-order valence-corrected chi connectivity index (χ0v) is 16.6. The molecular formula is C23H18N4O2S. The summed E-state index contributed by atoms with van der Waals surface area (Å²) in [5.74, 6) is -0.335. The highest BCUT2D eigenvalue weighted by atomic mass is 32.1. The van der Waals surface area contributed by atoms with E-state index >= 15 is 0 Å². The molecule has 0 unspecified atom stereocenters. The van der Waals surface area contributed by atoms with Crippen LogP contribution in [0.1, 0.15) is 10.4 Å². The van der Waals surface area contributed by atoms with E-state index in [2.05, 4.69) is 21.2 Å². The van der Waals surface area contributed by atoms with Crippen LogP contribution in [-0.4, -0.2) is 11.0 Å². The number of nitrogens with one attached hydrogen (secondary N) is 3. The minimum absolute atomic E-state index is 0.124. The predicted molar refractivity (Wildman–Crippen MR) is 122 cm³/mol. The number of carbonyl (C=O) groups is 1. The van der Waals surface area contributed by atoms with Gasteiger partial charge in [0.05, 0.1) is 0 Å². The molecule has 0 aliphatic rings. The topological polar surface area (TPSA) is 78.7 Å². The van der Waals surface area contributed by atoms with Crippen molar-refractivity contribution < 1.29 is 9.21 Å². The van der Waals surface area contributed by atoms with Crippen LogP contribution in [0.25, 0.3) is 11.0 Å². The quantitative estimate of drug-likeness (QED) is 0.339. The van der Waals surface area contributed by atoms with Crippen molar-refractivity contribution in [3.8, 4) is 0 Å². The molecule has 4 aromatic rings. The second-order valence-corrected chi connectivity index (χ2v) is 6.78. The smallest absolute Gasteiger partial charge is 0.261 e. The number of benzene rings is 3. The fourth-order valence-corrected chi connectivity index (χ4v) is 2.98. The Balaban J connectivity index is 1.64. The molecule has 0 aliphatic carbocycles. The first-order chi connectivity index (χ1) is 14.7. The van der Waals surface area contributed by atoms with Gasteiger partial charge in [-0.15, -0.1) is 5.10 Å². The Morgan fingerprint density at radius 2 is 1.40 bits per heavy atom. The Hall–Kier alpha value is -3.97. The van der Waals surface area contributed by atoms with Crippen LogP contribution >= 0.6 is 12.2 Å². The van der Waals surface area contributed by atoms with Gasteiger partial charge >= 0.3 is 0 Å². The van der Waals surface area contributed by atoms with Crippen molar-refractivity contribution >= 4 is 45.6 Å². The van der Waals surface area contributed by atoms with Gasteiger partial charge in [-0.25, -0.2) is 5.43 Å². The second kappa shape index (κ2) is 9.02. The first-order valence-corrected chi connectivity index (χ1v) is 9.65. The Morgan fingerprint density at radius 3 is 2.10 bits per heavy atom. The van der Waals surface area contributed by atoms with Crippen molar-refractivity contribution in [1.29, 1.82) is 0 Å². The van der Waals surface area contributed by atoms with Crippen molar-refractivity contribution in [2.45, 2.75) is 0 Å². The molecule has 0 spiro atoms. The van der Waals surface area contributed by atoms with Gasteiger partial charge in [-0.3, -0.25) is 4.79 Å². The van der Waals surface area contributed by atoms with Gasteiger partial charge in [0, 0.05) is 16.8 Å². The molecule has 1 heterocycles. The standard InChI is InChI=1S/C23H18N4O2S/c28-21(24-17-10-3-1-4-11-17)19-15-16-9-7-8-14-20(16)29-22(19)26-27-23(30)25-18-12-5-2-6-13-18/h1-15H,(H,24,28)(H2,25,27,30). The number of rotatable bonds is 4. The lowest BCUT2D eigenvalue weighted by Crippen LogP contribution is -2.29. The summed E-state index contributed by atoms with van der Waals surface area (Å²) in [4.78, 5) is 12.9. The van der Waals surface area contributed by atoms with E-state index in [0.717, 1.165) is 11.1 Å². The molecule has 0 saturated heterocycles. The summed E-state index contributed by atoms with van der Waals surface area (Å²) in [5.41, 5.74) is 5.26. The Morgan fingerprint density at radius 1 is 0.800 bits per heavy atom. The van der Waals surface area contributed by atoms with Crippen molar-refractivity contribution in [3.63, 3.8) is 0 Å². The molecule has 3 N–H and O–H groups in total. The maximum absolute atomic E-state index is 12.9. The molecule has 1 aromatic heterocycles. The third kappa shape index (κ3) is 4.71. The SMILES string of the molecule is O=C(Nc1ccccc1)c1cc2ccccc2oc1=NNC(=S)Nc1ccccc1. The van der Waals surface area contributed by atoms with Crippen molar-refractivity contribution in [2.24, 2.45) is 5.10 Å². The fraction of sp³-hybridized carbons (Fsp3) is 0. The lowest BCUT2D eigenvalue weighted by molar-refractivity contribution is 0.102. The lowest BCUT2D eigenvalue weighted by Gasteiger charge is -2.08. The van der Waals surface area contributed by atoms with Gasteiger partial charge in [0.1, 0.15) is 11.1 Å². The van der Waals surface area contributed by atoms with E-state index in [4.69, 9.17) is 16.6 Å². The fourth-order valence-electron chi connectivity index (χ4n) is 2.82. The summed E-state index contributed by atoms with van der Waals surface area (Å²) in [6.07, 6.45) is 0. The van der Waals surface area contributed by atoms with Crippen LogP contribution in [0.4, 0.5) is 11.4 Å². The molecule has 4 rings (SSSR count). The second-order valence-electron chi connectivity index (χ2n) is 6.37. The van der Waals surface area contributed by atoms with Crippen LogP contribution in [0.2, 0.25) is 0 Å². The van der Waals surface area contributed by atoms with Crippen molar-refractivity contribution in [1.82, 2.24) is 5.43 Å². The van der Waals surface area contributed by atoms with Gasteiger partial charge in [-0.2, -0.15) is 0 Å². The Labute approximate surface area is 178 Å². The Bertz CT molecular complexity index is 1250. The molecule has 1 amide bonds. The third-order valence-electron chi connectivity index (χ3n) is 4.22. The first kappa shape index (κ1) is 19.4.